The molecule has 4 heterocycles. The van der Waals surface area contributed by atoms with E-state index < -0.39 is 0 Å². The van der Waals surface area contributed by atoms with Crippen LogP contribution in [-0.2, 0) is 0 Å². The quantitative estimate of drug-likeness (QED) is 0.151. The Bertz CT molecular complexity index is 3630. The van der Waals surface area contributed by atoms with Crippen molar-refractivity contribution < 1.29 is 8.83 Å². The Kier molecular flexibility index (Phi) is 9.39. The third kappa shape index (κ3) is 7.18. The van der Waals surface area contributed by atoms with Gasteiger partial charge in [0.05, 0.1) is 22.8 Å². The summed E-state index contributed by atoms with van der Waals surface area (Å²) >= 11 is 0. The predicted octanol–water partition coefficient (Wildman–Crippen LogP) is 16.4. The fraction of sp³-hybridized carbons (Fsp3) is 0. The molecule has 13 rings (SSSR count). The minimum atomic E-state index is 0.671. The molecule has 0 saturated heterocycles. The Morgan fingerprint density at radius 3 is 0.853 bits per heavy atom. The molecule has 0 radical (unpaired) electrons. The van der Waals surface area contributed by atoms with Crippen LogP contribution in [0.1, 0.15) is 0 Å². The summed E-state index contributed by atoms with van der Waals surface area (Å²) in [5, 5.41) is 4.03. The van der Waals surface area contributed by atoms with Crippen LogP contribution in [0.15, 0.2) is 239 Å². The molecule has 0 saturated carbocycles. The van der Waals surface area contributed by atoms with Crippen LogP contribution in [0.4, 0.5) is 0 Å². The summed E-state index contributed by atoms with van der Waals surface area (Å²) in [6.07, 6.45) is 0. The Morgan fingerprint density at radius 1 is 0.206 bits per heavy atom. The van der Waals surface area contributed by atoms with E-state index in [0.717, 1.165) is 122 Å². The summed E-state index contributed by atoms with van der Waals surface area (Å²) < 4.78 is 13.1. The Balaban J connectivity index is 0.852. The first-order valence-corrected chi connectivity index (χ1v) is 22.7. The standard InChI is InChI=1S/C62H38N4O2/c1-5-15-39(16-6-1)53-37-54(40-17-7-2-8-18-40)64-61(63-53)47-25-13-23-43(31-47)45-27-29-57-49(33-45)51-35-60-52(36-59(51)67-57)50-34-46(28-30-58(50)68-60)44-24-14-26-48(32-44)62-65-55(41-19-9-3-10-20-41)38-56(66-62)42-21-11-4-12-22-42/h1-38H. The van der Waals surface area contributed by atoms with E-state index in [9.17, 15) is 0 Å². The molecule has 4 aromatic heterocycles. The highest BCUT2D eigenvalue weighted by Crippen LogP contribution is 2.40. The van der Waals surface area contributed by atoms with Gasteiger partial charge in [-0.05, 0) is 82.9 Å². The first kappa shape index (κ1) is 39.1. The minimum absolute atomic E-state index is 0.671. The highest BCUT2D eigenvalue weighted by Gasteiger charge is 2.18. The summed E-state index contributed by atoms with van der Waals surface area (Å²) in [7, 11) is 0. The molecule has 68 heavy (non-hydrogen) atoms. The smallest absolute Gasteiger partial charge is 0.160 e. The van der Waals surface area contributed by atoms with E-state index in [1.165, 1.54) is 0 Å². The summed E-state index contributed by atoms with van der Waals surface area (Å²) in [5.41, 5.74) is 17.0. The third-order valence-electron chi connectivity index (χ3n) is 12.7. The van der Waals surface area contributed by atoms with Gasteiger partial charge in [0.2, 0.25) is 0 Å². The van der Waals surface area contributed by atoms with Crippen molar-refractivity contribution in [3.05, 3.63) is 231 Å². The molecule has 0 aliphatic heterocycles. The lowest BCUT2D eigenvalue weighted by atomic mass is 9.99. The second-order valence-corrected chi connectivity index (χ2v) is 17.0. The van der Waals surface area contributed by atoms with Crippen molar-refractivity contribution in [3.8, 4) is 90.1 Å². The van der Waals surface area contributed by atoms with E-state index in [1.807, 2.05) is 72.8 Å². The summed E-state index contributed by atoms with van der Waals surface area (Å²) in [6.45, 7) is 0. The van der Waals surface area contributed by atoms with Gasteiger partial charge in [-0.25, -0.2) is 19.9 Å². The molecule has 0 aliphatic rings. The molecule has 0 amide bonds. The Morgan fingerprint density at radius 2 is 0.500 bits per heavy atom. The highest BCUT2D eigenvalue weighted by atomic mass is 16.3. The minimum Gasteiger partial charge on any atom is -0.456 e. The van der Waals surface area contributed by atoms with Crippen LogP contribution < -0.4 is 0 Å². The number of benzene rings is 9. The van der Waals surface area contributed by atoms with Gasteiger partial charge >= 0.3 is 0 Å². The first-order chi connectivity index (χ1) is 33.6. The molecular weight excluding hydrogens is 833 g/mol. The van der Waals surface area contributed by atoms with Gasteiger partial charge in [0.15, 0.2) is 11.6 Å². The van der Waals surface area contributed by atoms with Gasteiger partial charge in [-0.2, -0.15) is 0 Å². The highest BCUT2D eigenvalue weighted by molar-refractivity contribution is 6.15. The van der Waals surface area contributed by atoms with E-state index in [-0.39, 0.29) is 0 Å². The monoisotopic (exact) mass is 870 g/mol. The van der Waals surface area contributed by atoms with Crippen molar-refractivity contribution in [3.63, 3.8) is 0 Å². The normalized spacial score (nSPS) is 11.5. The van der Waals surface area contributed by atoms with Crippen molar-refractivity contribution >= 4 is 43.9 Å². The van der Waals surface area contributed by atoms with Crippen LogP contribution in [0, 0.1) is 0 Å². The fourth-order valence-electron chi connectivity index (χ4n) is 9.26. The van der Waals surface area contributed by atoms with Crippen LogP contribution in [0.2, 0.25) is 0 Å². The number of furan rings is 2. The van der Waals surface area contributed by atoms with Crippen molar-refractivity contribution in [2.75, 3.05) is 0 Å². The topological polar surface area (TPSA) is 77.8 Å². The van der Waals surface area contributed by atoms with E-state index >= 15 is 0 Å². The number of aromatic nitrogens is 4. The SMILES string of the molecule is c1ccc(-c2cc(-c3ccccc3)nc(-c3cccc(-c4ccc5oc6cc7c(cc6c5c4)oc4ccc(-c5cccc(-c6nc(-c8ccccc8)cc(-c8ccccc8)n6)c5)cc47)c3)n2)cc1. The lowest BCUT2D eigenvalue weighted by Crippen LogP contribution is -1.96. The van der Waals surface area contributed by atoms with Gasteiger partial charge in [0, 0.05) is 54.9 Å². The molecular formula is C62H38N4O2. The summed E-state index contributed by atoms with van der Waals surface area (Å²) in [6, 6.07) is 79.1. The molecule has 0 spiro atoms. The molecule has 6 heteroatoms. The van der Waals surface area contributed by atoms with E-state index in [2.05, 4.69) is 158 Å². The maximum Gasteiger partial charge on any atom is 0.160 e. The lowest BCUT2D eigenvalue weighted by Gasteiger charge is -2.10. The Hall–Kier alpha value is -9.26. The second-order valence-electron chi connectivity index (χ2n) is 17.0. The average molecular weight is 871 g/mol. The zero-order chi connectivity index (χ0) is 45.0. The van der Waals surface area contributed by atoms with Crippen molar-refractivity contribution in [2.24, 2.45) is 0 Å². The molecule has 0 bridgehead atoms. The molecule has 0 N–H and O–H groups in total. The Labute approximate surface area is 391 Å². The van der Waals surface area contributed by atoms with Crippen LogP contribution in [0.3, 0.4) is 0 Å². The zero-order valence-electron chi connectivity index (χ0n) is 36.5. The predicted molar refractivity (Wildman–Crippen MR) is 276 cm³/mol. The fourth-order valence-corrected chi connectivity index (χ4v) is 9.26. The van der Waals surface area contributed by atoms with Gasteiger partial charge in [0.25, 0.3) is 0 Å². The first-order valence-electron chi connectivity index (χ1n) is 22.7. The van der Waals surface area contributed by atoms with Crippen molar-refractivity contribution in [1.29, 1.82) is 0 Å². The number of fused-ring (bicyclic) bond motifs is 6. The molecule has 0 fully saturated rings. The van der Waals surface area contributed by atoms with Gasteiger partial charge in [-0.3, -0.25) is 0 Å². The largest absolute Gasteiger partial charge is 0.456 e. The van der Waals surface area contributed by atoms with E-state index in [1.54, 1.807) is 0 Å². The zero-order valence-corrected chi connectivity index (χ0v) is 36.5. The van der Waals surface area contributed by atoms with Crippen LogP contribution in [-0.4, -0.2) is 19.9 Å². The number of hydrogen-bond donors (Lipinski definition) is 0. The molecule has 0 aliphatic carbocycles. The molecule has 0 unspecified atom stereocenters. The lowest BCUT2D eigenvalue weighted by molar-refractivity contribution is 0.664. The maximum atomic E-state index is 6.56. The van der Waals surface area contributed by atoms with Crippen LogP contribution in [0.25, 0.3) is 134 Å². The van der Waals surface area contributed by atoms with Crippen LogP contribution in [0.5, 0.6) is 0 Å². The summed E-state index contributed by atoms with van der Waals surface area (Å²) in [4.78, 5) is 20.3. The van der Waals surface area contributed by atoms with E-state index in [0.29, 0.717) is 11.6 Å². The molecule has 9 aromatic carbocycles. The molecule has 318 valence electrons. The molecule has 0 atom stereocenters. The van der Waals surface area contributed by atoms with Gasteiger partial charge < -0.3 is 8.83 Å². The average Bonchev–Trinajstić information content (AvgIpc) is 3.97. The van der Waals surface area contributed by atoms with E-state index in [4.69, 9.17) is 28.8 Å². The van der Waals surface area contributed by atoms with Crippen molar-refractivity contribution in [1.82, 2.24) is 19.9 Å². The number of hydrogen-bond acceptors (Lipinski definition) is 6. The van der Waals surface area contributed by atoms with Gasteiger partial charge in [-0.15, -0.1) is 0 Å². The molecule has 13 aromatic rings. The van der Waals surface area contributed by atoms with Gasteiger partial charge in [-0.1, -0.05) is 170 Å². The third-order valence-corrected chi connectivity index (χ3v) is 12.7. The van der Waals surface area contributed by atoms with Crippen molar-refractivity contribution in [2.45, 2.75) is 0 Å². The summed E-state index contributed by atoms with van der Waals surface area (Å²) in [5.74, 6) is 1.34. The number of rotatable bonds is 8. The number of nitrogens with zero attached hydrogens (tertiary/aromatic N) is 4. The molecule has 6 nitrogen and oxygen atoms in total. The maximum absolute atomic E-state index is 6.56. The van der Waals surface area contributed by atoms with Gasteiger partial charge in [0.1, 0.15) is 22.3 Å². The van der Waals surface area contributed by atoms with Crippen LogP contribution >= 0.6 is 0 Å². The second kappa shape index (κ2) is 16.3.